The lowest BCUT2D eigenvalue weighted by molar-refractivity contribution is -0.343. The highest BCUT2D eigenvalue weighted by Crippen LogP contribution is 2.67. The van der Waals surface area contributed by atoms with Gasteiger partial charge in [-0.15, -0.1) is 0 Å². The monoisotopic (exact) mass is 1080 g/mol. The average Bonchev–Trinajstić information content (AvgIpc) is 3.76. The van der Waals surface area contributed by atoms with Gasteiger partial charge in [0, 0.05) is 0 Å². The summed E-state index contributed by atoms with van der Waals surface area (Å²) in [5.74, 6) is 3.22. The van der Waals surface area contributed by atoms with Crippen LogP contribution in [0.3, 0.4) is 0 Å². The van der Waals surface area contributed by atoms with Gasteiger partial charge in [-0.25, -0.2) is 0 Å². The molecule has 4 aliphatic heterocycles. The molecule has 8 rings (SSSR count). The Kier molecular flexibility index (Phi) is 19.9. The molecule has 434 valence electrons. The minimum Gasteiger partial charge on any atom is -0.394 e. The first-order valence-corrected chi connectivity index (χ1v) is 27.8. The molecule has 4 heterocycles. The summed E-state index contributed by atoms with van der Waals surface area (Å²) in [5.41, 5.74) is 1.69. The molecular formula is C53H90O22. The summed E-state index contributed by atoms with van der Waals surface area (Å²) in [6.07, 6.45) is -16.9. The number of hydrogen-bond donors (Lipinski definition) is 14. The van der Waals surface area contributed by atoms with Gasteiger partial charge in [0.1, 0.15) is 97.7 Å². The van der Waals surface area contributed by atoms with Crippen LogP contribution in [0.2, 0.25) is 0 Å². The maximum absolute atomic E-state index is 11.0. The smallest absolute Gasteiger partial charge is 0.186 e. The van der Waals surface area contributed by atoms with Crippen LogP contribution in [0, 0.1) is 52.3 Å². The summed E-state index contributed by atoms with van der Waals surface area (Å²) in [7, 11) is 0. The molecule has 0 amide bonds. The van der Waals surface area contributed by atoms with Crippen molar-refractivity contribution in [3.05, 3.63) is 11.6 Å². The van der Waals surface area contributed by atoms with Crippen molar-refractivity contribution in [1.29, 1.82) is 0 Å². The van der Waals surface area contributed by atoms with Gasteiger partial charge < -0.3 is 109 Å². The van der Waals surface area contributed by atoms with Gasteiger partial charge in [-0.1, -0.05) is 59.1 Å². The van der Waals surface area contributed by atoms with Crippen LogP contribution in [0.1, 0.15) is 105 Å². The third-order valence-corrected chi connectivity index (χ3v) is 19.9. The van der Waals surface area contributed by atoms with Gasteiger partial charge in [-0.3, -0.25) is 0 Å². The SMILES string of the molecule is CCC(CCC(C)C1CCC2C3CC=C4CC(O[C@@H]5O[C@H](CO)[C@@H](O)[C@H](O)[C@H]5O)CCC4(C)C3CCC12C)C(C)CO[C@@H]1O[C@H](CO[C@@H]2O[C@H](CO[C@@H]3O[C@H](CO)[C@@H](O)[C@H](O)[C@H]3O)[C@@H](O)[C@H](O)[C@H]2O)[C@@H](O)[C@H](O)[C@H]1O. The second-order valence-electron chi connectivity index (χ2n) is 24.1. The molecule has 10 unspecified atom stereocenters. The predicted molar refractivity (Wildman–Crippen MR) is 260 cm³/mol. The fourth-order valence-corrected chi connectivity index (χ4v) is 15.0. The summed E-state index contributed by atoms with van der Waals surface area (Å²) in [6, 6.07) is 0. The van der Waals surface area contributed by atoms with Gasteiger partial charge in [0.2, 0.25) is 0 Å². The Morgan fingerprint density at radius 1 is 0.560 bits per heavy atom. The van der Waals surface area contributed by atoms with Crippen molar-refractivity contribution in [2.75, 3.05) is 33.0 Å². The van der Waals surface area contributed by atoms with E-state index in [0.717, 1.165) is 44.9 Å². The van der Waals surface area contributed by atoms with E-state index in [2.05, 4.69) is 40.7 Å². The van der Waals surface area contributed by atoms with E-state index in [1.54, 1.807) is 0 Å². The molecule has 30 atom stereocenters. The predicted octanol–water partition coefficient (Wildman–Crippen LogP) is -1.71. The Hall–Kier alpha value is -1.14. The third kappa shape index (κ3) is 12.0. The zero-order chi connectivity index (χ0) is 54.4. The number of rotatable bonds is 19. The molecule has 22 heteroatoms. The molecule has 75 heavy (non-hydrogen) atoms. The lowest BCUT2D eigenvalue weighted by atomic mass is 9.47. The quantitative estimate of drug-likeness (QED) is 0.0641. The molecule has 8 aliphatic rings. The highest BCUT2D eigenvalue weighted by Gasteiger charge is 2.60. The zero-order valence-electron chi connectivity index (χ0n) is 44.1. The molecule has 4 saturated heterocycles. The van der Waals surface area contributed by atoms with Gasteiger partial charge >= 0.3 is 0 Å². The van der Waals surface area contributed by atoms with Crippen LogP contribution >= 0.6 is 0 Å². The lowest BCUT2D eigenvalue weighted by Crippen LogP contribution is -2.62. The van der Waals surface area contributed by atoms with Gasteiger partial charge in [0.15, 0.2) is 25.2 Å². The van der Waals surface area contributed by atoms with E-state index in [0.29, 0.717) is 29.6 Å². The minimum atomic E-state index is -1.82. The summed E-state index contributed by atoms with van der Waals surface area (Å²) in [4.78, 5) is 0. The van der Waals surface area contributed by atoms with Gasteiger partial charge in [0.05, 0.1) is 39.1 Å². The van der Waals surface area contributed by atoms with Crippen molar-refractivity contribution in [1.82, 2.24) is 0 Å². The number of hydrogen-bond acceptors (Lipinski definition) is 22. The van der Waals surface area contributed by atoms with Crippen molar-refractivity contribution in [3.8, 4) is 0 Å². The van der Waals surface area contributed by atoms with Crippen molar-refractivity contribution >= 4 is 0 Å². The van der Waals surface area contributed by atoms with E-state index in [9.17, 15) is 71.5 Å². The van der Waals surface area contributed by atoms with E-state index in [-0.39, 0.29) is 35.4 Å². The van der Waals surface area contributed by atoms with Crippen LogP contribution in [0.5, 0.6) is 0 Å². The number of ether oxygens (including phenoxy) is 8. The second-order valence-corrected chi connectivity index (χ2v) is 24.1. The second kappa shape index (κ2) is 24.9. The number of aliphatic hydroxyl groups excluding tert-OH is 14. The standard InChI is InChI=1S/C53H90O22/c1-6-25(8-7-23(2)29-11-12-30-28-10-9-26-17-27(13-15-52(26,4)31(28)14-16-53(29,30)5)71-51-47(67)41(61)37(57)33(19-55)73-51)24(3)20-68-48-45(65)42(62)38(58)34(74-48)22-70-50-46(66)43(63)39(59)35(75-50)21-69-49-44(64)40(60)36(56)32(18-54)72-49/h9,23-25,27-51,54-67H,6-8,10-22H2,1-5H3/t23?,24?,25?,27?,28?,29?,30?,31?,32-,33-,34-,35-,36-,37-,38-,39-,40+,41+,42+,43+,44-,45-,46-,47-,48-,49-,50-,51-,52?,53?/m1/s1. The van der Waals surface area contributed by atoms with Gasteiger partial charge in [0.25, 0.3) is 0 Å². The van der Waals surface area contributed by atoms with Crippen molar-refractivity contribution in [2.45, 2.75) is 234 Å². The molecule has 0 radical (unpaired) electrons. The molecule has 7 fully saturated rings. The van der Waals surface area contributed by atoms with Crippen LogP contribution in [0.15, 0.2) is 11.6 Å². The molecule has 0 aromatic carbocycles. The van der Waals surface area contributed by atoms with E-state index in [1.807, 2.05) is 0 Å². The third-order valence-electron chi connectivity index (χ3n) is 19.9. The maximum atomic E-state index is 11.0. The Labute approximate surface area is 439 Å². The average molecular weight is 1080 g/mol. The summed E-state index contributed by atoms with van der Waals surface area (Å²) >= 11 is 0. The first-order chi connectivity index (χ1) is 35.6. The van der Waals surface area contributed by atoms with E-state index >= 15 is 0 Å². The normalized spacial score (nSPS) is 50.5. The molecule has 0 aromatic heterocycles. The van der Waals surface area contributed by atoms with Crippen molar-refractivity contribution < 1.29 is 109 Å². The van der Waals surface area contributed by atoms with Crippen molar-refractivity contribution in [3.63, 3.8) is 0 Å². The highest BCUT2D eigenvalue weighted by molar-refractivity contribution is 5.25. The van der Waals surface area contributed by atoms with Crippen LogP contribution < -0.4 is 0 Å². The summed E-state index contributed by atoms with van der Waals surface area (Å²) < 4.78 is 46.2. The Morgan fingerprint density at radius 3 is 1.59 bits per heavy atom. The number of aliphatic hydroxyl groups is 14. The molecule has 3 saturated carbocycles. The topological polar surface area (TPSA) is 357 Å². The number of allylic oxidation sites excluding steroid dienone is 1. The minimum absolute atomic E-state index is 0.0431. The zero-order valence-corrected chi connectivity index (χ0v) is 44.1. The van der Waals surface area contributed by atoms with E-state index in [1.165, 1.54) is 31.3 Å². The molecule has 0 bridgehead atoms. The summed E-state index contributed by atoms with van der Waals surface area (Å²) in [6.45, 7) is 9.54. The fraction of sp³-hybridized carbons (Fsp3) is 0.962. The maximum Gasteiger partial charge on any atom is 0.186 e. The van der Waals surface area contributed by atoms with Crippen LogP contribution in [-0.4, -0.2) is 233 Å². The van der Waals surface area contributed by atoms with Gasteiger partial charge in [-0.2, -0.15) is 0 Å². The molecule has 14 N–H and O–H groups in total. The fourth-order valence-electron chi connectivity index (χ4n) is 15.0. The Morgan fingerprint density at radius 2 is 1.05 bits per heavy atom. The molecule has 22 nitrogen and oxygen atoms in total. The van der Waals surface area contributed by atoms with Crippen molar-refractivity contribution in [2.24, 2.45) is 52.3 Å². The molecular weight excluding hydrogens is 989 g/mol. The highest BCUT2D eigenvalue weighted by atomic mass is 16.7. The molecule has 4 aliphatic carbocycles. The van der Waals surface area contributed by atoms with E-state index in [4.69, 9.17) is 37.9 Å². The van der Waals surface area contributed by atoms with Crippen LogP contribution in [0.4, 0.5) is 0 Å². The van der Waals surface area contributed by atoms with Crippen LogP contribution in [-0.2, 0) is 37.9 Å². The largest absolute Gasteiger partial charge is 0.394 e. The van der Waals surface area contributed by atoms with Crippen LogP contribution in [0.25, 0.3) is 0 Å². The van der Waals surface area contributed by atoms with Gasteiger partial charge in [-0.05, 0) is 110 Å². The Bertz CT molecular complexity index is 1850. The first kappa shape index (κ1) is 60.0. The summed E-state index contributed by atoms with van der Waals surface area (Å²) in [5, 5.41) is 146. The van der Waals surface area contributed by atoms with E-state index < -0.39 is 149 Å². The Balaban J connectivity index is 0.801. The molecule has 0 aromatic rings. The first-order valence-electron chi connectivity index (χ1n) is 27.8. The lowest BCUT2D eigenvalue weighted by Gasteiger charge is -2.58. The number of fused-ring (bicyclic) bond motifs is 5. The molecule has 0 spiro atoms.